The maximum absolute atomic E-state index is 13.5. The van der Waals surface area contributed by atoms with Gasteiger partial charge in [0.15, 0.2) is 5.84 Å². The van der Waals surface area contributed by atoms with Gasteiger partial charge in [0.05, 0.1) is 5.02 Å². The number of benzene rings is 1. The van der Waals surface area contributed by atoms with Crippen molar-refractivity contribution in [1.82, 2.24) is 4.98 Å². The van der Waals surface area contributed by atoms with Crippen molar-refractivity contribution in [3.8, 4) is 0 Å². The van der Waals surface area contributed by atoms with Crippen molar-refractivity contribution in [2.24, 2.45) is 10.9 Å². The van der Waals surface area contributed by atoms with Gasteiger partial charge in [-0.05, 0) is 24.3 Å². The fourth-order valence-electron chi connectivity index (χ4n) is 1.41. The van der Waals surface area contributed by atoms with Crippen LogP contribution in [0.5, 0.6) is 0 Å². The normalized spacial score (nSPS) is 11.3. The van der Waals surface area contributed by atoms with Crippen LogP contribution in [0.2, 0.25) is 5.02 Å². The van der Waals surface area contributed by atoms with Gasteiger partial charge in [-0.2, -0.15) is 0 Å². The van der Waals surface area contributed by atoms with Crippen molar-refractivity contribution in [3.05, 3.63) is 64.4 Å². The number of carbonyl (C=O) groups is 1. The fourth-order valence-corrected chi connectivity index (χ4v) is 1.64. The summed E-state index contributed by atoms with van der Waals surface area (Å²) in [5.74, 6) is -3.45. The van der Waals surface area contributed by atoms with Crippen LogP contribution in [-0.4, -0.2) is 16.8 Å². The van der Waals surface area contributed by atoms with Gasteiger partial charge in [-0.15, -0.1) is 0 Å². The Morgan fingerprint density at radius 3 is 2.62 bits per heavy atom. The second kappa shape index (κ2) is 6.27. The lowest BCUT2D eigenvalue weighted by Gasteiger charge is -2.04. The van der Waals surface area contributed by atoms with Crippen molar-refractivity contribution in [2.45, 2.75) is 0 Å². The summed E-state index contributed by atoms with van der Waals surface area (Å²) in [5, 5.41) is 2.63. The molecular formula is C13H8ClF2N3O2. The Morgan fingerprint density at radius 1 is 1.24 bits per heavy atom. The van der Waals surface area contributed by atoms with Crippen LogP contribution in [0.3, 0.4) is 0 Å². The molecule has 0 saturated heterocycles. The number of carbonyl (C=O) groups excluding carboxylic acids is 1. The summed E-state index contributed by atoms with van der Waals surface area (Å²) in [7, 11) is 0. The van der Waals surface area contributed by atoms with E-state index in [0.717, 1.165) is 12.1 Å². The van der Waals surface area contributed by atoms with Crippen molar-refractivity contribution in [2.75, 3.05) is 0 Å². The third-order valence-corrected chi connectivity index (χ3v) is 2.77. The van der Waals surface area contributed by atoms with E-state index in [0.29, 0.717) is 0 Å². The highest BCUT2D eigenvalue weighted by atomic mass is 35.5. The van der Waals surface area contributed by atoms with Gasteiger partial charge >= 0.3 is 5.97 Å². The van der Waals surface area contributed by atoms with Gasteiger partial charge in [-0.1, -0.05) is 22.8 Å². The first-order valence-corrected chi connectivity index (χ1v) is 5.98. The summed E-state index contributed by atoms with van der Waals surface area (Å²) in [5.41, 5.74) is 5.04. The van der Waals surface area contributed by atoms with E-state index in [4.69, 9.17) is 17.3 Å². The van der Waals surface area contributed by atoms with Crippen LogP contribution in [-0.2, 0) is 4.84 Å². The monoisotopic (exact) mass is 311 g/mol. The predicted octanol–water partition coefficient (Wildman–Crippen LogP) is 2.49. The highest BCUT2D eigenvalue weighted by Crippen LogP contribution is 2.23. The molecule has 21 heavy (non-hydrogen) atoms. The summed E-state index contributed by atoms with van der Waals surface area (Å²) >= 11 is 5.52. The molecule has 1 aromatic heterocycles. The first-order chi connectivity index (χ1) is 10.0. The minimum atomic E-state index is -1.27. The molecule has 0 aliphatic rings. The Labute approximate surface area is 123 Å². The Kier molecular flexibility index (Phi) is 4.44. The van der Waals surface area contributed by atoms with E-state index < -0.39 is 28.2 Å². The molecular weight excluding hydrogens is 304 g/mol. The minimum Gasteiger partial charge on any atom is -0.379 e. The summed E-state index contributed by atoms with van der Waals surface area (Å²) in [4.78, 5) is 20.0. The fraction of sp³-hybridized carbons (Fsp3) is 0. The molecule has 0 amide bonds. The number of nitrogens with two attached hydrogens (primary N) is 1. The van der Waals surface area contributed by atoms with E-state index >= 15 is 0 Å². The van der Waals surface area contributed by atoms with Gasteiger partial charge < -0.3 is 10.6 Å². The summed E-state index contributed by atoms with van der Waals surface area (Å²) < 4.78 is 26.7. The molecule has 2 aromatic rings. The average molecular weight is 312 g/mol. The number of amidine groups is 1. The SMILES string of the molecule is N/C(=N\OC(=O)c1c(F)ccc(F)c1Cl)c1ccccn1. The number of rotatable bonds is 3. The molecule has 0 spiro atoms. The van der Waals surface area contributed by atoms with E-state index in [1.165, 1.54) is 12.3 Å². The van der Waals surface area contributed by atoms with Crippen LogP contribution in [0.25, 0.3) is 0 Å². The topological polar surface area (TPSA) is 77.6 Å². The number of hydrogen-bond acceptors (Lipinski definition) is 4. The van der Waals surface area contributed by atoms with E-state index in [1.807, 2.05) is 0 Å². The average Bonchev–Trinajstić information content (AvgIpc) is 2.50. The van der Waals surface area contributed by atoms with E-state index in [9.17, 15) is 13.6 Å². The van der Waals surface area contributed by atoms with Crippen molar-refractivity contribution in [1.29, 1.82) is 0 Å². The number of pyridine rings is 1. The van der Waals surface area contributed by atoms with E-state index in [1.54, 1.807) is 12.1 Å². The van der Waals surface area contributed by atoms with Gasteiger partial charge in [0, 0.05) is 6.20 Å². The molecule has 108 valence electrons. The molecule has 2 N–H and O–H groups in total. The van der Waals surface area contributed by atoms with Crippen molar-refractivity contribution in [3.63, 3.8) is 0 Å². The highest BCUT2D eigenvalue weighted by Gasteiger charge is 2.21. The predicted molar refractivity (Wildman–Crippen MR) is 71.7 cm³/mol. The number of aromatic nitrogens is 1. The van der Waals surface area contributed by atoms with Crippen molar-refractivity contribution >= 4 is 23.4 Å². The van der Waals surface area contributed by atoms with Gasteiger partial charge in [-0.3, -0.25) is 4.98 Å². The zero-order valence-corrected chi connectivity index (χ0v) is 11.1. The largest absolute Gasteiger partial charge is 0.379 e. The lowest BCUT2D eigenvalue weighted by atomic mass is 10.2. The molecule has 0 saturated carbocycles. The van der Waals surface area contributed by atoms with Crippen LogP contribution in [0, 0.1) is 11.6 Å². The molecule has 0 radical (unpaired) electrons. The van der Waals surface area contributed by atoms with Crippen LogP contribution >= 0.6 is 11.6 Å². The van der Waals surface area contributed by atoms with Gasteiger partial charge in [0.1, 0.15) is 22.9 Å². The molecule has 0 aliphatic heterocycles. The van der Waals surface area contributed by atoms with Gasteiger partial charge in [0.25, 0.3) is 0 Å². The van der Waals surface area contributed by atoms with E-state index in [2.05, 4.69) is 15.0 Å². The molecule has 8 heteroatoms. The van der Waals surface area contributed by atoms with Crippen LogP contribution < -0.4 is 5.73 Å². The second-order valence-electron chi connectivity index (χ2n) is 3.79. The first kappa shape index (κ1) is 14.9. The Morgan fingerprint density at radius 2 is 1.95 bits per heavy atom. The maximum atomic E-state index is 13.5. The smallest absolute Gasteiger partial charge is 0.370 e. The lowest BCUT2D eigenvalue weighted by Crippen LogP contribution is -2.17. The van der Waals surface area contributed by atoms with Gasteiger partial charge in [0.2, 0.25) is 0 Å². The third kappa shape index (κ3) is 3.32. The van der Waals surface area contributed by atoms with E-state index in [-0.39, 0.29) is 11.5 Å². The summed E-state index contributed by atoms with van der Waals surface area (Å²) in [6, 6.07) is 6.38. The molecule has 0 atom stereocenters. The van der Waals surface area contributed by atoms with Crippen LogP contribution in [0.1, 0.15) is 16.1 Å². The van der Waals surface area contributed by atoms with Crippen molar-refractivity contribution < 1.29 is 18.4 Å². The van der Waals surface area contributed by atoms with Crippen LogP contribution in [0.15, 0.2) is 41.7 Å². The summed E-state index contributed by atoms with van der Waals surface area (Å²) in [6.45, 7) is 0. The Balaban J connectivity index is 2.22. The number of oxime groups is 1. The Bertz CT molecular complexity index is 708. The van der Waals surface area contributed by atoms with Gasteiger partial charge in [-0.25, -0.2) is 13.6 Å². The maximum Gasteiger partial charge on any atom is 0.370 e. The minimum absolute atomic E-state index is 0.197. The third-order valence-electron chi connectivity index (χ3n) is 2.40. The Hall–Kier alpha value is -2.54. The molecule has 5 nitrogen and oxygen atoms in total. The molecule has 2 rings (SSSR count). The highest BCUT2D eigenvalue weighted by molar-refractivity contribution is 6.33. The number of hydrogen-bond donors (Lipinski definition) is 1. The number of halogens is 3. The molecule has 0 bridgehead atoms. The molecule has 1 aromatic carbocycles. The molecule has 1 heterocycles. The zero-order chi connectivity index (χ0) is 15.4. The standard InChI is InChI=1S/C13H8ClF2N3O2/c14-11-8(16)5-4-7(15)10(11)13(20)21-19-12(17)9-3-1-2-6-18-9/h1-6H,(H2,17,19). The second-order valence-corrected chi connectivity index (χ2v) is 4.17. The van der Waals surface area contributed by atoms with Crippen LogP contribution in [0.4, 0.5) is 8.78 Å². The quantitative estimate of drug-likeness (QED) is 0.310. The molecule has 0 aliphatic carbocycles. The zero-order valence-electron chi connectivity index (χ0n) is 10.4. The number of nitrogens with zero attached hydrogens (tertiary/aromatic N) is 2. The summed E-state index contributed by atoms with van der Waals surface area (Å²) in [6.07, 6.45) is 1.46. The lowest BCUT2D eigenvalue weighted by molar-refractivity contribution is 0.0510. The molecule has 0 fully saturated rings. The first-order valence-electron chi connectivity index (χ1n) is 5.60. The molecule has 0 unspecified atom stereocenters.